The third kappa shape index (κ3) is 4.00. The quantitative estimate of drug-likeness (QED) is 0.734. The number of phenolic OH excluding ortho intramolecular Hbond substituents is 1. The van der Waals surface area contributed by atoms with Crippen LogP contribution in [0.1, 0.15) is 24.1 Å². The molecule has 2 aromatic rings. The molecule has 2 aromatic carbocycles. The monoisotopic (exact) mass is 365 g/mol. The van der Waals surface area contributed by atoms with E-state index in [1.54, 1.807) is 12.1 Å². The topological polar surface area (TPSA) is 75.7 Å². The molecule has 0 saturated carbocycles. The van der Waals surface area contributed by atoms with Gasteiger partial charge in [-0.1, -0.05) is 30.3 Å². The predicted octanol–water partition coefficient (Wildman–Crippen LogP) is 3.16. The minimum absolute atomic E-state index is 0.0374. The summed E-state index contributed by atoms with van der Waals surface area (Å²) in [6, 6.07) is 12.5. The van der Waals surface area contributed by atoms with Crippen molar-refractivity contribution in [1.29, 1.82) is 0 Å². The normalized spacial score (nSPS) is 13.6. The molecule has 118 valence electrons. The molecule has 0 spiro atoms. The van der Waals surface area contributed by atoms with Crippen molar-refractivity contribution in [2.45, 2.75) is 25.5 Å². The lowest BCUT2D eigenvalue weighted by Gasteiger charge is -2.21. The first-order valence-electron chi connectivity index (χ1n) is 7.15. The first kappa shape index (κ1) is 16.8. The van der Waals surface area contributed by atoms with E-state index in [1.807, 2.05) is 37.3 Å². The van der Waals surface area contributed by atoms with Gasteiger partial charge in [0.2, 0.25) is 0 Å². The Balaban J connectivity index is 2.19. The van der Waals surface area contributed by atoms with Crippen molar-refractivity contribution in [3.63, 3.8) is 0 Å². The Labute approximate surface area is 138 Å². The van der Waals surface area contributed by atoms with Gasteiger partial charge < -0.3 is 20.7 Å². The Hall–Kier alpha value is -1.56. The fraction of sp³-hybridized carbons (Fsp3) is 0.294. The Morgan fingerprint density at radius 3 is 2.55 bits per heavy atom. The molecule has 0 radical (unpaired) electrons. The van der Waals surface area contributed by atoms with E-state index in [4.69, 9.17) is 10.5 Å². The van der Waals surface area contributed by atoms with Crippen molar-refractivity contribution in [2.24, 2.45) is 5.73 Å². The number of hydrogen-bond donors (Lipinski definition) is 3. The van der Waals surface area contributed by atoms with Gasteiger partial charge in [-0.25, -0.2) is 0 Å². The number of phenols is 1. The van der Waals surface area contributed by atoms with Crippen LogP contribution in [-0.4, -0.2) is 22.9 Å². The van der Waals surface area contributed by atoms with Crippen molar-refractivity contribution in [1.82, 2.24) is 0 Å². The largest absolute Gasteiger partial charge is 0.503 e. The van der Waals surface area contributed by atoms with Gasteiger partial charge in [0.05, 0.1) is 23.2 Å². The van der Waals surface area contributed by atoms with Crippen LogP contribution in [0.3, 0.4) is 0 Å². The van der Waals surface area contributed by atoms with Crippen LogP contribution in [-0.2, 0) is 6.42 Å². The molecule has 0 heterocycles. The Morgan fingerprint density at radius 2 is 1.91 bits per heavy atom. The fourth-order valence-electron chi connectivity index (χ4n) is 2.26. The first-order valence-corrected chi connectivity index (χ1v) is 7.95. The number of aliphatic hydroxyl groups excluding tert-OH is 1. The number of halogens is 1. The van der Waals surface area contributed by atoms with Gasteiger partial charge in [0.15, 0.2) is 11.5 Å². The Kier molecular flexibility index (Phi) is 5.83. The summed E-state index contributed by atoms with van der Waals surface area (Å²) in [5.74, 6) is 0.393. The first-order chi connectivity index (χ1) is 10.5. The number of aliphatic hydroxyl groups is 1. The van der Waals surface area contributed by atoms with E-state index in [2.05, 4.69) is 15.9 Å². The smallest absolute Gasteiger partial charge is 0.172 e. The second kappa shape index (κ2) is 7.63. The number of benzene rings is 2. The van der Waals surface area contributed by atoms with Crippen molar-refractivity contribution in [3.8, 4) is 11.5 Å². The molecule has 0 fully saturated rings. The van der Waals surface area contributed by atoms with Crippen molar-refractivity contribution >= 4 is 15.9 Å². The number of rotatable bonds is 6. The molecule has 0 aromatic heterocycles. The van der Waals surface area contributed by atoms with Gasteiger partial charge in [-0.15, -0.1) is 0 Å². The fourth-order valence-corrected chi connectivity index (χ4v) is 2.72. The van der Waals surface area contributed by atoms with E-state index in [0.717, 1.165) is 5.56 Å². The van der Waals surface area contributed by atoms with Gasteiger partial charge in [-0.2, -0.15) is 0 Å². The van der Waals surface area contributed by atoms with Crippen LogP contribution in [0.2, 0.25) is 0 Å². The van der Waals surface area contributed by atoms with Crippen LogP contribution in [0.25, 0.3) is 0 Å². The molecule has 0 unspecified atom stereocenters. The lowest BCUT2D eigenvalue weighted by Crippen LogP contribution is -2.28. The molecule has 2 atom stereocenters. The van der Waals surface area contributed by atoms with Gasteiger partial charge in [0, 0.05) is 6.42 Å². The van der Waals surface area contributed by atoms with Crippen LogP contribution in [0.4, 0.5) is 0 Å². The molecule has 4 N–H and O–H groups in total. The van der Waals surface area contributed by atoms with Crippen LogP contribution in [0.5, 0.6) is 11.5 Å². The van der Waals surface area contributed by atoms with Crippen LogP contribution < -0.4 is 10.5 Å². The van der Waals surface area contributed by atoms with E-state index < -0.39 is 12.1 Å². The minimum atomic E-state index is -0.728. The second-order valence-electron chi connectivity index (χ2n) is 5.07. The van der Waals surface area contributed by atoms with Crippen LogP contribution in [0.15, 0.2) is 46.9 Å². The lowest BCUT2D eigenvalue weighted by atomic mass is 9.96. The third-order valence-corrected chi connectivity index (χ3v) is 4.04. The molecule has 4 nitrogen and oxygen atoms in total. The Bertz CT molecular complexity index is 619. The minimum Gasteiger partial charge on any atom is -0.503 e. The Morgan fingerprint density at radius 1 is 1.23 bits per heavy atom. The average molecular weight is 366 g/mol. The zero-order valence-electron chi connectivity index (χ0n) is 12.4. The lowest BCUT2D eigenvalue weighted by molar-refractivity contribution is 0.145. The molecule has 22 heavy (non-hydrogen) atoms. The highest BCUT2D eigenvalue weighted by Gasteiger charge is 2.20. The second-order valence-corrected chi connectivity index (χ2v) is 5.92. The maximum absolute atomic E-state index is 10.4. The van der Waals surface area contributed by atoms with Crippen molar-refractivity contribution in [3.05, 3.63) is 58.1 Å². The molecule has 0 amide bonds. The van der Waals surface area contributed by atoms with E-state index in [-0.39, 0.29) is 5.75 Å². The maximum atomic E-state index is 10.4. The maximum Gasteiger partial charge on any atom is 0.172 e. The van der Waals surface area contributed by atoms with Crippen molar-refractivity contribution < 1.29 is 14.9 Å². The zero-order chi connectivity index (χ0) is 16.1. The summed E-state index contributed by atoms with van der Waals surface area (Å²) in [5, 5.41) is 20.3. The molecule has 5 heteroatoms. The van der Waals surface area contributed by atoms with E-state index in [1.165, 1.54) is 0 Å². The highest BCUT2D eigenvalue weighted by molar-refractivity contribution is 9.10. The number of nitrogens with two attached hydrogens (primary N) is 1. The SMILES string of the molecule is CCOc1cc([C@H](N)[C@H](O)Cc2ccccc2)cc(Br)c1O. The number of aromatic hydroxyl groups is 1. The number of ether oxygens (including phenoxy) is 1. The van der Waals surface area contributed by atoms with E-state index in [0.29, 0.717) is 28.8 Å². The summed E-state index contributed by atoms with van der Waals surface area (Å²) in [5.41, 5.74) is 7.89. The molecule has 0 bridgehead atoms. The molecular weight excluding hydrogens is 346 g/mol. The van der Waals surface area contributed by atoms with E-state index >= 15 is 0 Å². The van der Waals surface area contributed by atoms with Gasteiger partial charge in [-0.05, 0) is 46.1 Å². The van der Waals surface area contributed by atoms with E-state index in [9.17, 15) is 10.2 Å². The summed E-state index contributed by atoms with van der Waals surface area (Å²) < 4.78 is 5.89. The third-order valence-electron chi connectivity index (χ3n) is 3.44. The summed E-state index contributed by atoms with van der Waals surface area (Å²) in [6.45, 7) is 2.27. The van der Waals surface area contributed by atoms with Gasteiger partial charge in [0.1, 0.15) is 0 Å². The highest BCUT2D eigenvalue weighted by Crippen LogP contribution is 2.37. The summed E-state index contributed by atoms with van der Waals surface area (Å²) in [6.07, 6.45) is -0.266. The average Bonchev–Trinajstić information content (AvgIpc) is 2.52. The number of hydrogen-bond acceptors (Lipinski definition) is 4. The molecule has 0 aliphatic rings. The van der Waals surface area contributed by atoms with Crippen LogP contribution >= 0.6 is 15.9 Å². The molecule has 0 aliphatic carbocycles. The summed E-state index contributed by atoms with van der Waals surface area (Å²) in [4.78, 5) is 0. The predicted molar refractivity (Wildman–Crippen MR) is 90.1 cm³/mol. The molecule has 2 rings (SSSR count). The standard InChI is InChI=1S/C17H20BrNO3/c1-2-22-15-10-12(9-13(18)17(15)21)16(19)14(20)8-11-6-4-3-5-7-11/h3-7,9-10,14,16,20-21H,2,8,19H2,1H3/t14-,16+/m1/s1. The van der Waals surface area contributed by atoms with Crippen molar-refractivity contribution in [2.75, 3.05) is 6.61 Å². The zero-order valence-corrected chi connectivity index (χ0v) is 14.0. The summed E-state index contributed by atoms with van der Waals surface area (Å²) in [7, 11) is 0. The summed E-state index contributed by atoms with van der Waals surface area (Å²) >= 11 is 3.28. The van der Waals surface area contributed by atoms with Gasteiger partial charge in [0.25, 0.3) is 0 Å². The molecule has 0 saturated heterocycles. The van der Waals surface area contributed by atoms with Crippen LogP contribution in [0, 0.1) is 0 Å². The molecular formula is C17H20BrNO3. The molecule has 0 aliphatic heterocycles. The van der Waals surface area contributed by atoms with Gasteiger partial charge >= 0.3 is 0 Å². The highest BCUT2D eigenvalue weighted by atomic mass is 79.9. The van der Waals surface area contributed by atoms with Gasteiger partial charge in [-0.3, -0.25) is 0 Å².